The van der Waals surface area contributed by atoms with Gasteiger partial charge >= 0.3 is 0 Å². The molecule has 3 fully saturated rings. The van der Waals surface area contributed by atoms with E-state index in [1.165, 1.54) is 5.56 Å². The molecule has 0 unspecified atom stereocenters. The largest absolute Gasteiger partial charge is 0.374 e. The molecule has 1 N–H and O–H groups in total. The van der Waals surface area contributed by atoms with Crippen LogP contribution < -0.4 is 5.32 Å². The SMILES string of the molecule is CN1CCN(Cc2ccc(NC(=O)[C@H]3C[C@H]4CC[C@H]3O4)cc2)CC1. The molecule has 3 heterocycles. The van der Waals surface area contributed by atoms with E-state index in [2.05, 4.69) is 34.3 Å². The topological polar surface area (TPSA) is 44.8 Å². The van der Waals surface area contributed by atoms with Crippen molar-refractivity contribution >= 4 is 11.6 Å². The van der Waals surface area contributed by atoms with Crippen molar-refractivity contribution in [3.8, 4) is 0 Å². The Hall–Kier alpha value is -1.43. The molecule has 0 saturated carbocycles. The van der Waals surface area contributed by atoms with Crippen molar-refractivity contribution < 1.29 is 9.53 Å². The molecule has 3 saturated heterocycles. The standard InChI is InChI=1S/C19H27N3O2/c1-21-8-10-22(11-9-21)13-14-2-4-15(5-3-14)20-19(23)17-12-16-6-7-18(17)24-16/h2-5,16-18H,6-13H2,1H3,(H,20,23)/t16-,17+,18-/m1/s1. The number of carbonyl (C=O) groups excluding carboxylic acids is 1. The third-order valence-corrected chi connectivity index (χ3v) is 5.67. The molecule has 0 spiro atoms. The fraction of sp³-hybridized carbons (Fsp3) is 0.632. The third-order valence-electron chi connectivity index (χ3n) is 5.67. The molecule has 0 aromatic heterocycles. The Morgan fingerprint density at radius 1 is 1.17 bits per heavy atom. The van der Waals surface area contributed by atoms with Crippen molar-refractivity contribution in [3.63, 3.8) is 0 Å². The van der Waals surface area contributed by atoms with Gasteiger partial charge in [-0.05, 0) is 44.0 Å². The van der Waals surface area contributed by atoms with E-state index >= 15 is 0 Å². The average Bonchev–Trinajstić information content (AvgIpc) is 3.22. The van der Waals surface area contributed by atoms with E-state index in [1.54, 1.807) is 0 Å². The van der Waals surface area contributed by atoms with Crippen molar-refractivity contribution in [2.45, 2.75) is 38.0 Å². The van der Waals surface area contributed by atoms with Crippen molar-refractivity contribution in [2.75, 3.05) is 38.5 Å². The summed E-state index contributed by atoms with van der Waals surface area (Å²) >= 11 is 0. The number of benzene rings is 1. The number of carbonyl (C=O) groups is 1. The Bertz CT molecular complexity index is 581. The van der Waals surface area contributed by atoms with Gasteiger partial charge in [0.1, 0.15) is 0 Å². The Morgan fingerprint density at radius 2 is 1.92 bits per heavy atom. The molecule has 0 radical (unpaired) electrons. The summed E-state index contributed by atoms with van der Waals surface area (Å²) in [6, 6.07) is 8.31. The van der Waals surface area contributed by atoms with Gasteiger partial charge in [0, 0.05) is 38.4 Å². The maximum atomic E-state index is 12.4. The van der Waals surface area contributed by atoms with Crippen LogP contribution in [-0.4, -0.2) is 61.1 Å². The van der Waals surface area contributed by atoms with Gasteiger partial charge in [0.25, 0.3) is 0 Å². The molecule has 2 bridgehead atoms. The summed E-state index contributed by atoms with van der Waals surface area (Å²) in [5.74, 6) is 0.155. The number of hydrogen-bond donors (Lipinski definition) is 1. The second kappa shape index (κ2) is 6.82. The van der Waals surface area contributed by atoms with Crippen molar-refractivity contribution in [2.24, 2.45) is 5.92 Å². The smallest absolute Gasteiger partial charge is 0.230 e. The Balaban J connectivity index is 1.30. The van der Waals surface area contributed by atoms with Gasteiger partial charge in [0.2, 0.25) is 5.91 Å². The predicted molar refractivity (Wildman–Crippen MR) is 93.8 cm³/mol. The second-order valence-corrected chi connectivity index (χ2v) is 7.48. The first-order valence-corrected chi connectivity index (χ1v) is 9.13. The van der Waals surface area contributed by atoms with E-state index in [4.69, 9.17) is 4.74 Å². The van der Waals surface area contributed by atoms with E-state index in [9.17, 15) is 4.79 Å². The van der Waals surface area contributed by atoms with Crippen LogP contribution in [0.2, 0.25) is 0 Å². The number of ether oxygens (including phenoxy) is 1. The molecular weight excluding hydrogens is 302 g/mol. The van der Waals surface area contributed by atoms with E-state index in [0.29, 0.717) is 6.10 Å². The highest BCUT2D eigenvalue weighted by atomic mass is 16.5. The Labute approximate surface area is 144 Å². The molecule has 3 aliphatic heterocycles. The summed E-state index contributed by atoms with van der Waals surface area (Å²) in [7, 11) is 2.18. The summed E-state index contributed by atoms with van der Waals surface area (Å²) < 4.78 is 5.79. The molecule has 3 aliphatic rings. The first-order valence-electron chi connectivity index (χ1n) is 9.13. The number of amides is 1. The van der Waals surface area contributed by atoms with Crippen LogP contribution >= 0.6 is 0 Å². The molecule has 1 aromatic rings. The fourth-order valence-corrected chi connectivity index (χ4v) is 4.11. The van der Waals surface area contributed by atoms with Gasteiger partial charge in [-0.25, -0.2) is 0 Å². The molecule has 1 amide bonds. The van der Waals surface area contributed by atoms with Crippen LogP contribution in [0.1, 0.15) is 24.8 Å². The highest BCUT2D eigenvalue weighted by Gasteiger charge is 2.44. The zero-order chi connectivity index (χ0) is 16.5. The lowest BCUT2D eigenvalue weighted by molar-refractivity contribution is -0.121. The van der Waals surface area contributed by atoms with E-state index < -0.39 is 0 Å². The number of nitrogens with zero attached hydrogens (tertiary/aromatic N) is 2. The number of piperazine rings is 1. The molecule has 5 heteroatoms. The van der Waals surface area contributed by atoms with E-state index in [-0.39, 0.29) is 17.9 Å². The molecular formula is C19H27N3O2. The van der Waals surface area contributed by atoms with Gasteiger partial charge in [-0.3, -0.25) is 9.69 Å². The predicted octanol–water partition coefficient (Wildman–Crippen LogP) is 1.94. The summed E-state index contributed by atoms with van der Waals surface area (Å²) in [6.07, 6.45) is 3.50. The Kier molecular flexibility index (Phi) is 4.57. The fourth-order valence-electron chi connectivity index (χ4n) is 4.11. The van der Waals surface area contributed by atoms with Crippen LogP contribution in [0.4, 0.5) is 5.69 Å². The number of likely N-dealkylation sites (N-methyl/N-ethyl adjacent to an activating group) is 1. The number of fused-ring (bicyclic) bond motifs is 2. The zero-order valence-corrected chi connectivity index (χ0v) is 14.4. The van der Waals surface area contributed by atoms with Crippen LogP contribution in [0.3, 0.4) is 0 Å². The summed E-state index contributed by atoms with van der Waals surface area (Å²) in [5.41, 5.74) is 2.20. The highest BCUT2D eigenvalue weighted by Crippen LogP contribution is 2.39. The second-order valence-electron chi connectivity index (χ2n) is 7.48. The van der Waals surface area contributed by atoms with Crippen LogP contribution in [0.25, 0.3) is 0 Å². The van der Waals surface area contributed by atoms with Crippen molar-refractivity contribution in [1.29, 1.82) is 0 Å². The Morgan fingerprint density at radius 3 is 2.54 bits per heavy atom. The molecule has 24 heavy (non-hydrogen) atoms. The number of nitrogens with one attached hydrogen (secondary N) is 1. The maximum absolute atomic E-state index is 12.4. The van der Waals surface area contributed by atoms with Crippen molar-refractivity contribution in [1.82, 2.24) is 9.80 Å². The lowest BCUT2D eigenvalue weighted by atomic mass is 9.88. The molecule has 0 aliphatic carbocycles. The van der Waals surface area contributed by atoms with Gasteiger partial charge in [-0.15, -0.1) is 0 Å². The highest BCUT2D eigenvalue weighted by molar-refractivity contribution is 5.93. The lowest BCUT2D eigenvalue weighted by Gasteiger charge is -2.32. The molecule has 4 rings (SSSR count). The van der Waals surface area contributed by atoms with Crippen molar-refractivity contribution in [3.05, 3.63) is 29.8 Å². The van der Waals surface area contributed by atoms with Gasteiger partial charge in [0.05, 0.1) is 18.1 Å². The monoisotopic (exact) mass is 329 g/mol. The lowest BCUT2D eigenvalue weighted by Crippen LogP contribution is -2.43. The van der Waals surface area contributed by atoms with Crippen LogP contribution in [0.5, 0.6) is 0 Å². The number of anilines is 1. The van der Waals surface area contributed by atoms with Crippen LogP contribution in [0, 0.1) is 5.92 Å². The minimum atomic E-state index is 0.0359. The normalized spacial score (nSPS) is 30.6. The molecule has 1 aromatic carbocycles. The summed E-state index contributed by atoms with van der Waals surface area (Å²) in [6.45, 7) is 5.51. The number of rotatable bonds is 4. The number of hydrogen-bond acceptors (Lipinski definition) is 4. The minimum absolute atomic E-state index is 0.0359. The molecule has 3 atom stereocenters. The van der Waals surface area contributed by atoms with Crippen LogP contribution in [-0.2, 0) is 16.1 Å². The molecule has 5 nitrogen and oxygen atoms in total. The minimum Gasteiger partial charge on any atom is -0.374 e. The summed E-state index contributed by atoms with van der Waals surface area (Å²) in [4.78, 5) is 17.3. The maximum Gasteiger partial charge on any atom is 0.230 e. The molecule has 130 valence electrons. The van der Waals surface area contributed by atoms with Gasteiger partial charge in [-0.1, -0.05) is 12.1 Å². The van der Waals surface area contributed by atoms with Gasteiger partial charge < -0.3 is 15.0 Å². The zero-order valence-electron chi connectivity index (χ0n) is 14.4. The third kappa shape index (κ3) is 3.48. The van der Waals surface area contributed by atoms with E-state index in [1.807, 2.05) is 12.1 Å². The summed E-state index contributed by atoms with van der Waals surface area (Å²) in [5, 5.41) is 3.07. The first-order chi connectivity index (χ1) is 11.7. The van der Waals surface area contributed by atoms with Crippen LogP contribution in [0.15, 0.2) is 24.3 Å². The van der Waals surface area contributed by atoms with Gasteiger partial charge in [-0.2, -0.15) is 0 Å². The van der Waals surface area contributed by atoms with Gasteiger partial charge in [0.15, 0.2) is 0 Å². The first kappa shape index (κ1) is 16.1. The quantitative estimate of drug-likeness (QED) is 0.917. The van der Waals surface area contributed by atoms with E-state index in [0.717, 1.165) is 57.7 Å². The average molecular weight is 329 g/mol.